The molecule has 0 atom stereocenters. The van der Waals surface area contributed by atoms with Gasteiger partial charge in [0.15, 0.2) is 0 Å². The molecule has 0 aliphatic heterocycles. The lowest BCUT2D eigenvalue weighted by Gasteiger charge is -2.35. The van der Waals surface area contributed by atoms with Crippen molar-refractivity contribution in [2.24, 2.45) is 16.7 Å². The van der Waals surface area contributed by atoms with E-state index < -0.39 is 16.8 Å². The average molecular weight is 190 g/mol. The highest BCUT2D eigenvalue weighted by atomic mass is 32.1. The number of thiol groups is 1. The lowest BCUT2D eigenvalue weighted by Crippen LogP contribution is -2.31. The fourth-order valence-electron chi connectivity index (χ4n) is 3.36. The number of rotatable bonds is 1. The van der Waals surface area contributed by atoms with Gasteiger partial charge in [0.1, 0.15) is 0 Å². The van der Waals surface area contributed by atoms with Gasteiger partial charge >= 0.3 is 0 Å². The monoisotopic (exact) mass is 190 g/mol. The van der Waals surface area contributed by atoms with Crippen molar-refractivity contribution in [3.63, 3.8) is 0 Å². The molecule has 0 radical (unpaired) electrons. The molecule has 0 saturated heterocycles. The van der Waals surface area contributed by atoms with E-state index in [4.69, 9.17) is 0 Å². The molecular weight excluding hydrogens is 178 g/mol. The summed E-state index contributed by atoms with van der Waals surface area (Å²) in [5, 5.41) is 0. The van der Waals surface area contributed by atoms with Crippen molar-refractivity contribution >= 4 is 12.6 Å². The third-order valence-electron chi connectivity index (χ3n) is 4.34. The molecule has 0 unspecified atom stereocenters. The Morgan fingerprint density at radius 2 is 1.75 bits per heavy atom. The minimum Gasteiger partial charge on any atom is -0.206 e. The maximum atomic E-state index is 13.4. The zero-order valence-electron chi connectivity index (χ0n) is 6.82. The van der Waals surface area contributed by atoms with E-state index in [2.05, 4.69) is 12.6 Å². The fraction of sp³-hybridized carbons (Fsp3) is 1.00. The van der Waals surface area contributed by atoms with E-state index in [1.165, 1.54) is 0 Å². The quantitative estimate of drug-likeness (QED) is 0.604. The summed E-state index contributed by atoms with van der Waals surface area (Å²) < 4.78 is 26.7. The smallest absolute Gasteiger partial charge is 0.206 e. The second kappa shape index (κ2) is 1.70. The van der Waals surface area contributed by atoms with E-state index in [-0.39, 0.29) is 0 Å². The second-order valence-corrected chi connectivity index (χ2v) is 5.06. The van der Waals surface area contributed by atoms with Crippen LogP contribution in [0.25, 0.3) is 0 Å². The molecule has 0 aromatic rings. The molecule has 3 rings (SSSR count). The molecule has 0 nitrogen and oxygen atoms in total. The molecule has 3 aliphatic carbocycles. The van der Waals surface area contributed by atoms with Crippen LogP contribution < -0.4 is 0 Å². The van der Waals surface area contributed by atoms with Crippen LogP contribution in [0.5, 0.6) is 0 Å². The first-order valence-corrected chi connectivity index (χ1v) is 5.22. The molecule has 0 aromatic heterocycles. The zero-order valence-corrected chi connectivity index (χ0v) is 7.71. The summed E-state index contributed by atoms with van der Waals surface area (Å²) in [7, 11) is 0. The van der Waals surface area contributed by atoms with Gasteiger partial charge in [-0.1, -0.05) is 0 Å². The van der Waals surface area contributed by atoms with E-state index >= 15 is 0 Å². The van der Waals surface area contributed by atoms with Gasteiger partial charge in [0.05, 0.1) is 0 Å². The Kier molecular flexibility index (Phi) is 1.08. The Balaban J connectivity index is 1.81. The van der Waals surface area contributed by atoms with E-state index in [0.29, 0.717) is 5.92 Å². The lowest BCUT2D eigenvalue weighted by atomic mass is 9.70. The zero-order chi connectivity index (χ0) is 8.61. The Labute approximate surface area is 76.1 Å². The van der Waals surface area contributed by atoms with Crippen LogP contribution in [0.1, 0.15) is 25.7 Å². The molecule has 2 spiro atoms. The van der Waals surface area contributed by atoms with Crippen molar-refractivity contribution in [3.8, 4) is 0 Å². The molecule has 0 bridgehead atoms. The standard InChI is InChI=1S/C9H12F2S/c10-9(11)7(1-2-7)8(9)3-6(4-8)5-12/h6,12H,1-5H2. The van der Waals surface area contributed by atoms with Gasteiger partial charge in [0, 0.05) is 10.8 Å². The van der Waals surface area contributed by atoms with Gasteiger partial charge in [0.25, 0.3) is 5.92 Å². The van der Waals surface area contributed by atoms with Crippen LogP contribution in [-0.2, 0) is 0 Å². The molecule has 3 saturated carbocycles. The minimum atomic E-state index is -2.31. The molecule has 0 N–H and O–H groups in total. The first-order valence-electron chi connectivity index (χ1n) is 4.58. The van der Waals surface area contributed by atoms with Crippen molar-refractivity contribution in [2.45, 2.75) is 31.6 Å². The summed E-state index contributed by atoms with van der Waals surface area (Å²) in [6, 6.07) is 0. The molecule has 3 heteroatoms. The summed E-state index contributed by atoms with van der Waals surface area (Å²) in [6.07, 6.45) is 3.03. The molecule has 3 aliphatic rings. The van der Waals surface area contributed by atoms with Crippen LogP contribution in [0, 0.1) is 16.7 Å². The van der Waals surface area contributed by atoms with Crippen LogP contribution in [0.4, 0.5) is 8.78 Å². The van der Waals surface area contributed by atoms with E-state index in [1.807, 2.05) is 0 Å². The maximum Gasteiger partial charge on any atom is 0.260 e. The van der Waals surface area contributed by atoms with E-state index in [1.54, 1.807) is 0 Å². The van der Waals surface area contributed by atoms with Crippen LogP contribution >= 0.6 is 12.6 Å². The molecule has 68 valence electrons. The van der Waals surface area contributed by atoms with Crippen LogP contribution in [0.15, 0.2) is 0 Å². The van der Waals surface area contributed by atoms with Gasteiger partial charge in [-0.2, -0.15) is 12.6 Å². The van der Waals surface area contributed by atoms with Gasteiger partial charge in [-0.05, 0) is 37.4 Å². The van der Waals surface area contributed by atoms with Crippen molar-refractivity contribution in [1.82, 2.24) is 0 Å². The SMILES string of the molecule is FC1(F)C2(CC2)C12CC(CS)C2. The van der Waals surface area contributed by atoms with Gasteiger partial charge in [-0.15, -0.1) is 0 Å². The highest BCUT2D eigenvalue weighted by Gasteiger charge is 2.97. The predicted molar refractivity (Wildman–Crippen MR) is 45.6 cm³/mol. The number of hydrogen-bond donors (Lipinski definition) is 1. The van der Waals surface area contributed by atoms with Crippen LogP contribution in [0.3, 0.4) is 0 Å². The Morgan fingerprint density at radius 3 is 2.08 bits per heavy atom. The molecule has 12 heavy (non-hydrogen) atoms. The first-order chi connectivity index (χ1) is 5.60. The van der Waals surface area contributed by atoms with E-state index in [9.17, 15) is 8.78 Å². The third-order valence-corrected chi connectivity index (χ3v) is 4.85. The highest BCUT2D eigenvalue weighted by molar-refractivity contribution is 7.80. The predicted octanol–water partition coefficient (Wildman–Crippen LogP) is 2.74. The second-order valence-electron chi connectivity index (χ2n) is 4.70. The van der Waals surface area contributed by atoms with Gasteiger partial charge in [0.2, 0.25) is 0 Å². The highest BCUT2D eigenvalue weighted by Crippen LogP contribution is 2.93. The average Bonchev–Trinajstić information content (AvgIpc) is 2.72. The summed E-state index contributed by atoms with van der Waals surface area (Å²) in [5.74, 6) is -1.05. The number of halogens is 2. The third kappa shape index (κ3) is 0.486. The molecule has 0 aromatic carbocycles. The normalized spacial score (nSPS) is 50.8. The number of hydrogen-bond acceptors (Lipinski definition) is 1. The number of fused-ring (bicyclic) bond motifs is 1. The lowest BCUT2D eigenvalue weighted by molar-refractivity contribution is 0.00698. The minimum absolute atomic E-state index is 0.471. The van der Waals surface area contributed by atoms with Crippen LogP contribution in [0.2, 0.25) is 0 Å². The molecular formula is C9H12F2S. The molecule has 0 amide bonds. The van der Waals surface area contributed by atoms with Crippen molar-refractivity contribution in [2.75, 3.05) is 5.75 Å². The van der Waals surface area contributed by atoms with Crippen LogP contribution in [-0.4, -0.2) is 11.7 Å². The maximum absolute atomic E-state index is 13.4. The first kappa shape index (κ1) is 7.60. The summed E-state index contributed by atoms with van der Waals surface area (Å²) in [5.41, 5.74) is -1.03. The van der Waals surface area contributed by atoms with Crippen molar-refractivity contribution < 1.29 is 8.78 Å². The van der Waals surface area contributed by atoms with Gasteiger partial charge in [-0.3, -0.25) is 0 Å². The van der Waals surface area contributed by atoms with Crippen molar-refractivity contribution in [3.05, 3.63) is 0 Å². The largest absolute Gasteiger partial charge is 0.260 e. The molecule has 0 heterocycles. The Morgan fingerprint density at radius 1 is 1.17 bits per heavy atom. The topological polar surface area (TPSA) is 0 Å². The Bertz CT molecular complexity index is 233. The summed E-state index contributed by atoms with van der Waals surface area (Å²) >= 11 is 4.14. The number of alkyl halides is 2. The van der Waals surface area contributed by atoms with Crippen molar-refractivity contribution in [1.29, 1.82) is 0 Å². The molecule has 3 fully saturated rings. The summed E-state index contributed by atoms with van der Waals surface area (Å²) in [6.45, 7) is 0. The fourth-order valence-corrected chi connectivity index (χ4v) is 3.62. The Hall–Kier alpha value is 0.210. The van der Waals surface area contributed by atoms with E-state index in [0.717, 1.165) is 31.4 Å². The van der Waals surface area contributed by atoms with Gasteiger partial charge < -0.3 is 0 Å². The van der Waals surface area contributed by atoms with Gasteiger partial charge in [-0.25, -0.2) is 8.78 Å². The summed E-state index contributed by atoms with van der Waals surface area (Å²) in [4.78, 5) is 0.